The molecule has 1 heterocycles. The van der Waals surface area contributed by atoms with E-state index in [1.807, 2.05) is 0 Å². The number of nitrogens with one attached hydrogen (secondary N) is 1. The number of carbonyl (C=O) groups is 3. The number of pyridine rings is 1. The van der Waals surface area contributed by atoms with Crippen LogP contribution in [0.2, 0.25) is 0 Å². The molecule has 9 heteroatoms. The average Bonchev–Trinajstić information content (AvgIpc) is 2.82. The van der Waals surface area contributed by atoms with E-state index in [1.165, 1.54) is 48.8 Å². The number of alkyl carbamates (subject to hydrolysis) is 1. The zero-order valence-electron chi connectivity index (χ0n) is 19.6. The molecule has 0 spiro atoms. The summed E-state index contributed by atoms with van der Waals surface area (Å²) < 4.78 is 20.0. The van der Waals surface area contributed by atoms with E-state index in [0.29, 0.717) is 17.5 Å². The van der Waals surface area contributed by atoms with Crippen molar-refractivity contribution in [3.05, 3.63) is 83.7 Å². The second-order valence-electron chi connectivity index (χ2n) is 8.73. The van der Waals surface area contributed by atoms with Crippen molar-refractivity contribution in [1.29, 1.82) is 0 Å². The Kier molecular flexibility index (Phi) is 7.80. The van der Waals surface area contributed by atoms with E-state index in [9.17, 15) is 24.0 Å². The fourth-order valence-electron chi connectivity index (χ4n) is 3.33. The lowest BCUT2D eigenvalue weighted by atomic mass is 9.94. The number of anilines is 1. The molecule has 0 fully saturated rings. The minimum Gasteiger partial charge on any atom is -0.478 e. The Balaban J connectivity index is 1.91. The normalized spacial score (nSPS) is 11.0. The molecular formula is C26H26FN3O5. The van der Waals surface area contributed by atoms with Gasteiger partial charge in [-0.1, -0.05) is 22.7 Å². The highest BCUT2D eigenvalue weighted by molar-refractivity contribution is 6.05. The Morgan fingerprint density at radius 3 is 2.40 bits per heavy atom. The molecule has 182 valence electrons. The van der Waals surface area contributed by atoms with Crippen LogP contribution in [0.15, 0.2) is 67.0 Å². The number of aromatic carboxylic acids is 1. The first-order chi connectivity index (χ1) is 16.5. The van der Waals surface area contributed by atoms with Crippen LogP contribution in [0.25, 0.3) is 11.1 Å². The topological polar surface area (TPSA) is 109 Å². The first kappa shape index (κ1) is 25.4. The largest absolute Gasteiger partial charge is 0.478 e. The van der Waals surface area contributed by atoms with Gasteiger partial charge in [0.2, 0.25) is 0 Å². The van der Waals surface area contributed by atoms with Crippen molar-refractivity contribution in [2.75, 3.05) is 11.7 Å². The molecule has 0 bridgehead atoms. The van der Waals surface area contributed by atoms with Gasteiger partial charge >= 0.3 is 12.1 Å². The van der Waals surface area contributed by atoms with Gasteiger partial charge in [-0.15, -0.1) is 5.12 Å². The van der Waals surface area contributed by atoms with Crippen molar-refractivity contribution in [1.82, 2.24) is 10.3 Å². The molecule has 3 rings (SSSR count). The van der Waals surface area contributed by atoms with Gasteiger partial charge < -0.3 is 15.2 Å². The lowest BCUT2D eigenvalue weighted by Crippen LogP contribution is -2.33. The van der Waals surface area contributed by atoms with Crippen molar-refractivity contribution in [3.63, 3.8) is 0 Å². The first-order valence-electron chi connectivity index (χ1n) is 10.9. The third-order valence-corrected chi connectivity index (χ3v) is 4.91. The molecule has 0 aliphatic carbocycles. The van der Waals surface area contributed by atoms with Gasteiger partial charge in [0.1, 0.15) is 5.60 Å². The average molecular weight is 480 g/mol. The van der Waals surface area contributed by atoms with E-state index >= 15 is 0 Å². The molecule has 3 aromatic rings. The van der Waals surface area contributed by atoms with Crippen molar-refractivity contribution in [2.45, 2.75) is 32.8 Å². The van der Waals surface area contributed by atoms with E-state index in [-0.39, 0.29) is 28.5 Å². The van der Waals surface area contributed by atoms with Crippen LogP contribution in [0.1, 0.15) is 47.1 Å². The number of hydrogen-bond acceptors (Lipinski definition) is 5. The van der Waals surface area contributed by atoms with Gasteiger partial charge in [0.25, 0.3) is 5.91 Å². The molecule has 0 saturated heterocycles. The molecule has 2 aromatic carbocycles. The van der Waals surface area contributed by atoms with Crippen LogP contribution in [-0.4, -0.2) is 40.2 Å². The van der Waals surface area contributed by atoms with Gasteiger partial charge in [-0.2, -0.15) is 0 Å². The van der Waals surface area contributed by atoms with Crippen LogP contribution in [0.4, 0.5) is 15.0 Å². The molecule has 1 aromatic heterocycles. The lowest BCUT2D eigenvalue weighted by molar-refractivity contribution is 0.0527. The van der Waals surface area contributed by atoms with Gasteiger partial charge in [-0.05, 0) is 80.3 Å². The number of nitrogens with zero attached hydrogens (tertiary/aromatic N) is 2. The molecule has 2 N–H and O–H groups in total. The minimum absolute atomic E-state index is 0.0260. The number of carboxylic acids is 1. The van der Waals surface area contributed by atoms with Crippen LogP contribution in [0.5, 0.6) is 0 Å². The Labute approximate surface area is 202 Å². The highest BCUT2D eigenvalue weighted by atomic mass is 19.2. The number of ether oxygens (including phenoxy) is 1. The summed E-state index contributed by atoms with van der Waals surface area (Å²) in [7, 11) is 0. The SMILES string of the molecule is CC(C)(C)OC(=O)NCCc1ccc(C(=O)N(F)c2ccncc2)cc1-c1cccc(C(=O)O)c1. The maximum absolute atomic E-state index is 14.8. The van der Waals surface area contributed by atoms with Crippen LogP contribution < -0.4 is 10.4 Å². The van der Waals surface area contributed by atoms with Crippen molar-refractivity contribution < 1.29 is 28.7 Å². The summed E-state index contributed by atoms with van der Waals surface area (Å²) in [6.07, 6.45) is 2.55. The number of aromatic nitrogens is 1. The zero-order chi connectivity index (χ0) is 25.6. The van der Waals surface area contributed by atoms with Crippen LogP contribution in [-0.2, 0) is 11.2 Å². The number of rotatable bonds is 7. The summed E-state index contributed by atoms with van der Waals surface area (Å²) in [5.41, 5.74) is 1.36. The Bertz CT molecular complexity index is 1230. The summed E-state index contributed by atoms with van der Waals surface area (Å²) in [6.45, 7) is 5.52. The molecule has 2 amide bonds. The third-order valence-electron chi connectivity index (χ3n) is 4.91. The number of halogens is 1. The number of hydrogen-bond donors (Lipinski definition) is 2. The summed E-state index contributed by atoms with van der Waals surface area (Å²) in [6, 6.07) is 13.6. The second-order valence-corrected chi connectivity index (χ2v) is 8.73. The number of benzene rings is 2. The van der Waals surface area contributed by atoms with E-state index < -0.39 is 23.6 Å². The summed E-state index contributed by atoms with van der Waals surface area (Å²) >= 11 is 0. The smallest absolute Gasteiger partial charge is 0.407 e. The highest BCUT2D eigenvalue weighted by Crippen LogP contribution is 2.28. The van der Waals surface area contributed by atoms with Gasteiger partial charge in [0.05, 0.1) is 11.3 Å². The maximum Gasteiger partial charge on any atom is 0.407 e. The quantitative estimate of drug-likeness (QED) is 0.459. The molecule has 0 atom stereocenters. The molecule has 0 saturated carbocycles. The van der Waals surface area contributed by atoms with Gasteiger partial charge in [0, 0.05) is 24.5 Å². The third kappa shape index (κ3) is 6.86. The zero-order valence-corrected chi connectivity index (χ0v) is 19.6. The molecule has 0 aliphatic rings. The Morgan fingerprint density at radius 1 is 1.03 bits per heavy atom. The predicted molar refractivity (Wildman–Crippen MR) is 129 cm³/mol. The van der Waals surface area contributed by atoms with Crippen LogP contribution >= 0.6 is 0 Å². The van der Waals surface area contributed by atoms with Gasteiger partial charge in [0.15, 0.2) is 0 Å². The van der Waals surface area contributed by atoms with Crippen molar-refractivity contribution in [3.8, 4) is 11.1 Å². The standard InChI is InChI=1S/C26H26FN3O5/c1-26(2,3)35-25(34)29-14-9-17-7-8-19(23(31)30(27)21-10-12-28-13-11-21)16-22(17)18-5-4-6-20(15-18)24(32)33/h4-8,10-13,15-16H,9,14H2,1-3H3,(H,29,34)(H,32,33). The molecule has 35 heavy (non-hydrogen) atoms. The van der Waals surface area contributed by atoms with E-state index in [4.69, 9.17) is 4.74 Å². The Hall–Kier alpha value is -4.27. The summed E-state index contributed by atoms with van der Waals surface area (Å²) in [4.78, 5) is 40.1. The van der Waals surface area contributed by atoms with E-state index in [2.05, 4.69) is 10.3 Å². The van der Waals surface area contributed by atoms with E-state index in [1.54, 1.807) is 39.0 Å². The molecule has 0 aliphatic heterocycles. The summed E-state index contributed by atoms with van der Waals surface area (Å²) in [5, 5.41) is 12.1. The number of amides is 2. The molecular weight excluding hydrogens is 453 g/mol. The number of carboxylic acid groups (broad SMARTS) is 1. The monoisotopic (exact) mass is 479 g/mol. The van der Waals surface area contributed by atoms with Crippen molar-refractivity contribution in [2.24, 2.45) is 0 Å². The number of carbonyl (C=O) groups excluding carboxylic acids is 2. The lowest BCUT2D eigenvalue weighted by Gasteiger charge is -2.20. The van der Waals surface area contributed by atoms with Crippen LogP contribution in [0, 0.1) is 0 Å². The molecule has 0 unspecified atom stereocenters. The minimum atomic E-state index is -1.10. The van der Waals surface area contributed by atoms with Crippen LogP contribution in [0.3, 0.4) is 0 Å². The molecule has 8 nitrogen and oxygen atoms in total. The highest BCUT2D eigenvalue weighted by Gasteiger charge is 2.20. The van der Waals surface area contributed by atoms with E-state index in [0.717, 1.165) is 5.56 Å². The van der Waals surface area contributed by atoms with Gasteiger partial charge in [-0.3, -0.25) is 9.78 Å². The fourth-order valence-corrected chi connectivity index (χ4v) is 3.33. The van der Waals surface area contributed by atoms with Crippen molar-refractivity contribution >= 4 is 23.7 Å². The summed E-state index contributed by atoms with van der Waals surface area (Å²) in [5.74, 6) is -1.98. The van der Waals surface area contributed by atoms with Gasteiger partial charge in [-0.25, -0.2) is 9.59 Å². The maximum atomic E-state index is 14.8. The first-order valence-corrected chi connectivity index (χ1v) is 10.9. The fraction of sp³-hybridized carbons (Fsp3) is 0.231. The Morgan fingerprint density at radius 2 is 1.74 bits per heavy atom. The predicted octanol–water partition coefficient (Wildman–Crippen LogP) is 5.05. The molecule has 0 radical (unpaired) electrons. The second kappa shape index (κ2) is 10.8.